The number of hydrogen-bond donors (Lipinski definition) is 3. The lowest BCUT2D eigenvalue weighted by molar-refractivity contribution is -0.121. The molecular weight excluding hydrogens is 320 g/mol. The van der Waals surface area contributed by atoms with Gasteiger partial charge in [-0.05, 0) is 38.8 Å². The highest BCUT2D eigenvalue weighted by Crippen LogP contribution is 2.18. The topological polar surface area (TPSA) is 101 Å². The van der Waals surface area contributed by atoms with E-state index in [9.17, 15) is 9.59 Å². The number of carbonyl (C=O) groups is 2. The predicted octanol–water partition coefficient (Wildman–Crippen LogP) is 0.771. The molecule has 0 spiro atoms. The molecule has 2 fully saturated rings. The van der Waals surface area contributed by atoms with Crippen molar-refractivity contribution in [2.24, 2.45) is 0 Å². The molecule has 138 valence electrons. The molecule has 2 amide bonds. The lowest BCUT2D eigenvalue weighted by atomic mass is 9.95. The van der Waals surface area contributed by atoms with Crippen molar-refractivity contribution in [2.75, 3.05) is 19.6 Å². The molecule has 1 saturated heterocycles. The van der Waals surface area contributed by atoms with Gasteiger partial charge in [-0.1, -0.05) is 24.5 Å². The molecule has 2 heterocycles. The summed E-state index contributed by atoms with van der Waals surface area (Å²) in [6.07, 6.45) is 9.76. The SMILES string of the molecule is O=C(CCNC(=O)c1cn(C2CCNCC2)nn1)NC1CCCCC1. The van der Waals surface area contributed by atoms with Crippen molar-refractivity contribution in [3.05, 3.63) is 11.9 Å². The van der Waals surface area contributed by atoms with Crippen LogP contribution >= 0.6 is 0 Å². The van der Waals surface area contributed by atoms with Crippen LogP contribution in [0.15, 0.2) is 6.20 Å². The molecule has 1 aliphatic carbocycles. The van der Waals surface area contributed by atoms with Crippen LogP contribution in [0, 0.1) is 0 Å². The van der Waals surface area contributed by atoms with Crippen LogP contribution in [0.1, 0.15) is 67.9 Å². The van der Waals surface area contributed by atoms with Crippen LogP contribution in [-0.2, 0) is 4.79 Å². The third-order valence-electron chi connectivity index (χ3n) is 5.03. The smallest absolute Gasteiger partial charge is 0.273 e. The van der Waals surface area contributed by atoms with Gasteiger partial charge in [-0.15, -0.1) is 5.10 Å². The van der Waals surface area contributed by atoms with Crippen molar-refractivity contribution in [1.29, 1.82) is 0 Å². The van der Waals surface area contributed by atoms with Gasteiger partial charge >= 0.3 is 0 Å². The van der Waals surface area contributed by atoms with Gasteiger partial charge in [0.2, 0.25) is 5.91 Å². The van der Waals surface area contributed by atoms with E-state index in [1.165, 1.54) is 19.3 Å². The molecule has 1 aromatic rings. The summed E-state index contributed by atoms with van der Waals surface area (Å²) in [5, 5.41) is 17.2. The third kappa shape index (κ3) is 5.26. The Morgan fingerprint density at radius 2 is 1.92 bits per heavy atom. The monoisotopic (exact) mass is 348 g/mol. The summed E-state index contributed by atoms with van der Waals surface area (Å²) < 4.78 is 1.78. The number of rotatable bonds is 6. The Bertz CT molecular complexity index is 575. The molecule has 8 nitrogen and oxygen atoms in total. The molecule has 3 rings (SSSR count). The Labute approximate surface area is 148 Å². The zero-order valence-corrected chi connectivity index (χ0v) is 14.7. The summed E-state index contributed by atoms with van der Waals surface area (Å²) in [7, 11) is 0. The minimum absolute atomic E-state index is 0.00515. The van der Waals surface area contributed by atoms with Crippen LogP contribution in [0.2, 0.25) is 0 Å². The number of piperidine rings is 1. The van der Waals surface area contributed by atoms with Crippen LogP contribution < -0.4 is 16.0 Å². The van der Waals surface area contributed by atoms with Gasteiger partial charge in [0.15, 0.2) is 5.69 Å². The first-order valence-electron chi connectivity index (χ1n) is 9.42. The summed E-state index contributed by atoms with van der Waals surface area (Å²) in [5.41, 5.74) is 0.311. The molecule has 0 atom stereocenters. The highest BCUT2D eigenvalue weighted by molar-refractivity contribution is 5.92. The fourth-order valence-corrected chi connectivity index (χ4v) is 3.56. The zero-order chi connectivity index (χ0) is 17.5. The maximum atomic E-state index is 12.1. The molecule has 1 aromatic heterocycles. The molecule has 25 heavy (non-hydrogen) atoms. The second kappa shape index (κ2) is 8.94. The largest absolute Gasteiger partial charge is 0.353 e. The highest BCUT2D eigenvalue weighted by atomic mass is 16.2. The van der Waals surface area contributed by atoms with E-state index in [0.29, 0.717) is 30.7 Å². The third-order valence-corrected chi connectivity index (χ3v) is 5.03. The lowest BCUT2D eigenvalue weighted by Crippen LogP contribution is -2.38. The summed E-state index contributed by atoms with van der Waals surface area (Å²) >= 11 is 0. The maximum absolute atomic E-state index is 12.1. The number of amides is 2. The maximum Gasteiger partial charge on any atom is 0.273 e. The summed E-state index contributed by atoms with van der Waals surface area (Å²) in [4.78, 5) is 24.1. The van der Waals surface area contributed by atoms with Gasteiger partial charge < -0.3 is 16.0 Å². The zero-order valence-electron chi connectivity index (χ0n) is 14.7. The van der Waals surface area contributed by atoms with Gasteiger partial charge in [-0.2, -0.15) is 0 Å². The Balaban J connectivity index is 1.38. The molecular formula is C17H28N6O2. The molecule has 0 bridgehead atoms. The molecule has 0 unspecified atom stereocenters. The second-order valence-corrected chi connectivity index (χ2v) is 6.97. The molecule has 2 aliphatic rings. The standard InChI is InChI=1S/C17H28N6O2/c24-16(20-13-4-2-1-3-5-13)8-11-19-17(25)15-12-23(22-21-15)14-6-9-18-10-7-14/h12-14,18H,1-11H2,(H,19,25)(H,20,24). The Morgan fingerprint density at radius 1 is 1.16 bits per heavy atom. The van der Waals surface area contributed by atoms with E-state index >= 15 is 0 Å². The molecule has 1 saturated carbocycles. The van der Waals surface area contributed by atoms with E-state index in [4.69, 9.17) is 0 Å². The van der Waals surface area contributed by atoms with Crippen LogP contribution in [-0.4, -0.2) is 52.5 Å². The average molecular weight is 348 g/mol. The van der Waals surface area contributed by atoms with E-state index in [2.05, 4.69) is 26.3 Å². The van der Waals surface area contributed by atoms with Gasteiger partial charge in [-0.25, -0.2) is 4.68 Å². The number of nitrogens with zero attached hydrogens (tertiary/aromatic N) is 3. The lowest BCUT2D eigenvalue weighted by Gasteiger charge is -2.22. The number of nitrogens with one attached hydrogen (secondary N) is 3. The first kappa shape index (κ1) is 17.8. The first-order chi connectivity index (χ1) is 12.2. The molecule has 1 aliphatic heterocycles. The Kier molecular flexibility index (Phi) is 6.38. The van der Waals surface area contributed by atoms with Gasteiger partial charge in [0, 0.05) is 19.0 Å². The molecule has 8 heteroatoms. The van der Waals surface area contributed by atoms with Gasteiger partial charge in [0.1, 0.15) is 0 Å². The van der Waals surface area contributed by atoms with E-state index in [1.54, 1.807) is 10.9 Å². The van der Waals surface area contributed by atoms with Crippen LogP contribution in [0.4, 0.5) is 0 Å². The van der Waals surface area contributed by atoms with E-state index < -0.39 is 0 Å². The minimum atomic E-state index is -0.273. The molecule has 0 aromatic carbocycles. The van der Waals surface area contributed by atoms with Crippen LogP contribution in [0.3, 0.4) is 0 Å². The van der Waals surface area contributed by atoms with E-state index in [0.717, 1.165) is 38.8 Å². The first-order valence-corrected chi connectivity index (χ1v) is 9.42. The fourth-order valence-electron chi connectivity index (χ4n) is 3.56. The fraction of sp³-hybridized carbons (Fsp3) is 0.765. The second-order valence-electron chi connectivity index (χ2n) is 6.97. The van der Waals surface area contributed by atoms with Gasteiger partial charge in [0.25, 0.3) is 5.91 Å². The van der Waals surface area contributed by atoms with Crippen molar-refractivity contribution < 1.29 is 9.59 Å². The minimum Gasteiger partial charge on any atom is -0.353 e. The Morgan fingerprint density at radius 3 is 2.68 bits per heavy atom. The summed E-state index contributed by atoms with van der Waals surface area (Å²) in [6.45, 7) is 2.24. The van der Waals surface area contributed by atoms with Crippen LogP contribution in [0.25, 0.3) is 0 Å². The van der Waals surface area contributed by atoms with Crippen molar-refractivity contribution in [2.45, 2.75) is 63.5 Å². The van der Waals surface area contributed by atoms with Gasteiger partial charge in [-0.3, -0.25) is 9.59 Å². The summed E-state index contributed by atoms with van der Waals surface area (Å²) in [5.74, 6) is -0.267. The highest BCUT2D eigenvalue weighted by Gasteiger charge is 2.19. The number of hydrogen-bond acceptors (Lipinski definition) is 5. The molecule has 3 N–H and O–H groups in total. The van der Waals surface area contributed by atoms with Crippen molar-refractivity contribution in [3.63, 3.8) is 0 Å². The number of carbonyl (C=O) groups excluding carboxylic acids is 2. The van der Waals surface area contributed by atoms with E-state index in [1.807, 2.05) is 0 Å². The van der Waals surface area contributed by atoms with Crippen molar-refractivity contribution >= 4 is 11.8 Å². The van der Waals surface area contributed by atoms with Crippen molar-refractivity contribution in [1.82, 2.24) is 30.9 Å². The van der Waals surface area contributed by atoms with Crippen molar-refractivity contribution in [3.8, 4) is 0 Å². The predicted molar refractivity (Wildman–Crippen MR) is 93.1 cm³/mol. The summed E-state index contributed by atoms with van der Waals surface area (Å²) in [6, 6.07) is 0.610. The quantitative estimate of drug-likeness (QED) is 0.705. The van der Waals surface area contributed by atoms with E-state index in [-0.39, 0.29) is 11.8 Å². The Hall–Kier alpha value is -1.96. The number of aromatic nitrogens is 3. The average Bonchev–Trinajstić information content (AvgIpc) is 3.13. The molecule has 0 radical (unpaired) electrons. The van der Waals surface area contributed by atoms with Gasteiger partial charge in [0.05, 0.1) is 12.2 Å². The normalized spacial score (nSPS) is 19.5. The van der Waals surface area contributed by atoms with Crippen LogP contribution in [0.5, 0.6) is 0 Å².